The van der Waals surface area contributed by atoms with Crippen LogP contribution >= 0.6 is 0 Å². The number of anilines is 1. The van der Waals surface area contributed by atoms with Crippen molar-refractivity contribution in [1.29, 1.82) is 0 Å². The first-order valence-electron chi connectivity index (χ1n) is 8.55. The number of carbonyl (C=O) groups excluding carboxylic acids is 1. The zero-order valence-electron chi connectivity index (χ0n) is 15.1. The molecule has 2 aromatic carbocycles. The summed E-state index contributed by atoms with van der Waals surface area (Å²) in [5.41, 5.74) is 1.96. The minimum atomic E-state index is -0.411. The van der Waals surface area contributed by atoms with Gasteiger partial charge in [-0.1, -0.05) is 0 Å². The lowest BCUT2D eigenvalue weighted by Gasteiger charge is -2.06. The van der Waals surface area contributed by atoms with Crippen molar-refractivity contribution in [2.75, 3.05) is 11.9 Å². The van der Waals surface area contributed by atoms with E-state index < -0.39 is 6.03 Å². The maximum Gasteiger partial charge on any atom is 0.319 e. The van der Waals surface area contributed by atoms with Crippen molar-refractivity contribution in [2.24, 2.45) is 0 Å². The Morgan fingerprint density at radius 3 is 2.52 bits per heavy atom. The predicted octanol–water partition coefficient (Wildman–Crippen LogP) is 4.51. The molecule has 0 bridgehead atoms. The largest absolute Gasteiger partial charge is 0.494 e. The third kappa shape index (κ3) is 4.84. The van der Waals surface area contributed by atoms with E-state index in [-0.39, 0.29) is 12.4 Å². The number of benzene rings is 2. The van der Waals surface area contributed by atoms with Crippen LogP contribution < -0.4 is 15.4 Å². The molecule has 1 aromatic heterocycles. The number of nitrogens with one attached hydrogen (secondary N) is 2. The normalized spacial score (nSPS) is 10.5. The van der Waals surface area contributed by atoms with Crippen LogP contribution in [0.2, 0.25) is 0 Å². The molecule has 1 heterocycles. The third-order valence-electron chi connectivity index (χ3n) is 3.82. The van der Waals surface area contributed by atoms with E-state index in [1.54, 1.807) is 6.92 Å². The number of urea groups is 1. The topological polar surface area (TPSA) is 76.4 Å². The zero-order valence-corrected chi connectivity index (χ0v) is 15.1. The average Bonchev–Trinajstić information content (AvgIpc) is 3.04. The number of aromatic nitrogens is 1. The van der Waals surface area contributed by atoms with E-state index in [4.69, 9.17) is 9.15 Å². The lowest BCUT2D eigenvalue weighted by Crippen LogP contribution is -2.28. The second-order valence-electron chi connectivity index (χ2n) is 5.79. The molecule has 140 valence electrons. The van der Waals surface area contributed by atoms with Gasteiger partial charge in [0.05, 0.1) is 13.2 Å². The van der Waals surface area contributed by atoms with Crippen molar-refractivity contribution in [1.82, 2.24) is 10.3 Å². The summed E-state index contributed by atoms with van der Waals surface area (Å²) < 4.78 is 24.0. The van der Waals surface area contributed by atoms with Gasteiger partial charge < -0.3 is 19.8 Å². The fourth-order valence-corrected chi connectivity index (χ4v) is 2.45. The molecule has 0 spiro atoms. The molecular weight excluding hydrogens is 349 g/mol. The Kier molecular flexibility index (Phi) is 5.71. The fourth-order valence-electron chi connectivity index (χ4n) is 2.45. The van der Waals surface area contributed by atoms with Gasteiger partial charge in [-0.05, 0) is 62.4 Å². The van der Waals surface area contributed by atoms with Crippen molar-refractivity contribution < 1.29 is 18.3 Å². The van der Waals surface area contributed by atoms with Crippen LogP contribution in [-0.4, -0.2) is 17.6 Å². The van der Waals surface area contributed by atoms with Crippen molar-refractivity contribution in [3.05, 3.63) is 65.8 Å². The van der Waals surface area contributed by atoms with Gasteiger partial charge in [0, 0.05) is 11.3 Å². The fraction of sp³-hybridized carbons (Fsp3) is 0.200. The quantitative estimate of drug-likeness (QED) is 0.670. The predicted molar refractivity (Wildman–Crippen MR) is 100 cm³/mol. The molecule has 7 heteroatoms. The lowest BCUT2D eigenvalue weighted by atomic mass is 10.2. The second-order valence-corrected chi connectivity index (χ2v) is 5.79. The summed E-state index contributed by atoms with van der Waals surface area (Å²) in [6.45, 7) is 4.53. The van der Waals surface area contributed by atoms with Gasteiger partial charge in [-0.15, -0.1) is 0 Å². The highest BCUT2D eigenvalue weighted by molar-refractivity contribution is 5.89. The molecule has 0 radical (unpaired) electrons. The highest BCUT2D eigenvalue weighted by Gasteiger charge is 2.12. The number of rotatable bonds is 6. The third-order valence-corrected chi connectivity index (χ3v) is 3.82. The highest BCUT2D eigenvalue weighted by Crippen LogP contribution is 2.24. The molecule has 0 saturated heterocycles. The van der Waals surface area contributed by atoms with E-state index in [9.17, 15) is 9.18 Å². The molecule has 0 atom stereocenters. The Morgan fingerprint density at radius 1 is 1.15 bits per heavy atom. The summed E-state index contributed by atoms with van der Waals surface area (Å²) in [5, 5.41) is 5.33. The summed E-state index contributed by atoms with van der Waals surface area (Å²) in [6.07, 6.45) is 0. The first-order chi connectivity index (χ1) is 13.0. The second kappa shape index (κ2) is 8.35. The number of halogens is 1. The molecule has 0 aliphatic carbocycles. The molecule has 0 saturated carbocycles. The number of ether oxygens (including phenoxy) is 1. The Balaban J connectivity index is 1.60. The van der Waals surface area contributed by atoms with E-state index in [0.29, 0.717) is 29.6 Å². The van der Waals surface area contributed by atoms with E-state index in [0.717, 1.165) is 11.3 Å². The molecular formula is C20H20FN3O3. The van der Waals surface area contributed by atoms with Crippen LogP contribution in [0.25, 0.3) is 11.5 Å². The molecule has 0 aliphatic heterocycles. The van der Waals surface area contributed by atoms with Gasteiger partial charge in [0.2, 0.25) is 5.89 Å². The number of carbonyl (C=O) groups is 1. The zero-order chi connectivity index (χ0) is 19.2. The Labute approximate surface area is 156 Å². The van der Waals surface area contributed by atoms with Gasteiger partial charge in [-0.3, -0.25) is 0 Å². The maximum atomic E-state index is 12.9. The molecule has 3 rings (SSSR count). The average molecular weight is 369 g/mol. The van der Waals surface area contributed by atoms with E-state index in [1.807, 2.05) is 31.2 Å². The van der Waals surface area contributed by atoms with Gasteiger partial charge in [-0.2, -0.15) is 0 Å². The van der Waals surface area contributed by atoms with Gasteiger partial charge in [-0.25, -0.2) is 14.2 Å². The monoisotopic (exact) mass is 369 g/mol. The summed E-state index contributed by atoms with van der Waals surface area (Å²) in [6, 6.07) is 12.6. The summed E-state index contributed by atoms with van der Waals surface area (Å²) >= 11 is 0. The number of aryl methyl sites for hydroxylation is 1. The van der Waals surface area contributed by atoms with Crippen LogP contribution in [0.1, 0.15) is 18.4 Å². The van der Waals surface area contributed by atoms with Gasteiger partial charge in [0.25, 0.3) is 0 Å². The minimum Gasteiger partial charge on any atom is -0.494 e. The molecule has 6 nitrogen and oxygen atoms in total. The van der Waals surface area contributed by atoms with Gasteiger partial charge >= 0.3 is 6.03 Å². The van der Waals surface area contributed by atoms with Gasteiger partial charge in [0.1, 0.15) is 23.0 Å². The number of hydrogen-bond acceptors (Lipinski definition) is 4. The van der Waals surface area contributed by atoms with Crippen LogP contribution in [-0.2, 0) is 6.54 Å². The van der Waals surface area contributed by atoms with E-state index >= 15 is 0 Å². The molecule has 0 aliphatic rings. The molecule has 27 heavy (non-hydrogen) atoms. The molecule has 0 fully saturated rings. The molecule has 2 N–H and O–H groups in total. The highest BCUT2D eigenvalue weighted by atomic mass is 19.1. The molecule has 2 amide bonds. The lowest BCUT2D eigenvalue weighted by molar-refractivity contribution is 0.251. The molecule has 3 aromatic rings. The molecule has 0 unspecified atom stereocenters. The maximum absolute atomic E-state index is 12.9. The summed E-state index contributed by atoms with van der Waals surface area (Å²) in [5.74, 6) is 1.53. The van der Waals surface area contributed by atoms with Crippen LogP contribution in [0.3, 0.4) is 0 Å². The minimum absolute atomic E-state index is 0.208. The number of amides is 2. The van der Waals surface area contributed by atoms with Crippen molar-refractivity contribution in [3.63, 3.8) is 0 Å². The Morgan fingerprint density at radius 2 is 1.85 bits per heavy atom. The van der Waals surface area contributed by atoms with Crippen molar-refractivity contribution in [3.8, 4) is 17.2 Å². The SMILES string of the molecule is CCOc1ccc(-c2nc(CNC(=O)Nc3ccc(F)cc3)c(C)o2)cc1. The first kappa shape index (κ1) is 18.4. The number of nitrogens with zero attached hydrogens (tertiary/aromatic N) is 1. The van der Waals surface area contributed by atoms with Crippen LogP contribution in [0.15, 0.2) is 52.9 Å². The van der Waals surface area contributed by atoms with E-state index in [1.165, 1.54) is 24.3 Å². The smallest absolute Gasteiger partial charge is 0.319 e. The number of oxazole rings is 1. The summed E-state index contributed by atoms with van der Waals surface area (Å²) in [7, 11) is 0. The summed E-state index contributed by atoms with van der Waals surface area (Å²) in [4.78, 5) is 16.4. The van der Waals surface area contributed by atoms with Gasteiger partial charge in [0.15, 0.2) is 0 Å². The van der Waals surface area contributed by atoms with Crippen molar-refractivity contribution in [2.45, 2.75) is 20.4 Å². The standard InChI is InChI=1S/C20H20FN3O3/c1-3-26-17-10-4-14(5-11-17)19-24-18(13(2)27-19)12-22-20(25)23-16-8-6-15(21)7-9-16/h4-11H,3,12H2,1-2H3,(H2,22,23,25). The Bertz CT molecular complexity index is 905. The first-order valence-corrected chi connectivity index (χ1v) is 8.55. The Hall–Kier alpha value is -3.35. The van der Waals surface area contributed by atoms with Crippen LogP contribution in [0, 0.1) is 12.7 Å². The number of hydrogen-bond donors (Lipinski definition) is 2. The van der Waals surface area contributed by atoms with E-state index in [2.05, 4.69) is 15.6 Å². The van der Waals surface area contributed by atoms with Crippen LogP contribution in [0.4, 0.5) is 14.9 Å². The van der Waals surface area contributed by atoms with Crippen LogP contribution in [0.5, 0.6) is 5.75 Å². The van der Waals surface area contributed by atoms with Crippen molar-refractivity contribution >= 4 is 11.7 Å².